The Kier molecular flexibility index (Phi) is 8.07. The number of carbonyl (C=O) groups excluding carboxylic acids is 1. The largest absolute Gasteiger partial charge is 0.492 e. The summed E-state index contributed by atoms with van der Waals surface area (Å²) in [6, 6.07) is 13.8. The van der Waals surface area contributed by atoms with E-state index in [4.69, 9.17) is 21.1 Å². The van der Waals surface area contributed by atoms with Crippen molar-refractivity contribution in [2.75, 3.05) is 51.0 Å². The maximum Gasteiger partial charge on any atom is 0.251 e. The summed E-state index contributed by atoms with van der Waals surface area (Å²) < 4.78 is 36.9. The van der Waals surface area contributed by atoms with Gasteiger partial charge in [-0.3, -0.25) is 9.69 Å². The Labute approximate surface area is 209 Å². The highest BCUT2D eigenvalue weighted by molar-refractivity contribution is 7.89. The minimum Gasteiger partial charge on any atom is -0.492 e. The van der Waals surface area contributed by atoms with Crippen LogP contribution in [0.3, 0.4) is 0 Å². The number of ether oxygens (including phenoxy) is 2. The summed E-state index contributed by atoms with van der Waals surface area (Å²) in [6.07, 6.45) is 2.65. The number of amides is 1. The first kappa shape index (κ1) is 25.2. The van der Waals surface area contributed by atoms with Crippen molar-refractivity contribution >= 4 is 33.2 Å². The molecule has 11 heteroatoms. The predicted molar refractivity (Wildman–Crippen MR) is 134 cm³/mol. The molecule has 3 aromatic rings. The molecular formula is C24H27ClN4O5S. The molecule has 1 N–H and O–H groups in total. The first-order chi connectivity index (χ1) is 16.8. The third-order valence-electron chi connectivity index (χ3n) is 5.49. The lowest BCUT2D eigenvalue weighted by Gasteiger charge is -2.26. The molecule has 9 nitrogen and oxygen atoms in total. The maximum atomic E-state index is 12.6. The number of aromatic nitrogens is 2. The zero-order valence-electron chi connectivity index (χ0n) is 19.3. The zero-order chi connectivity index (χ0) is 24.8. The first-order valence-electron chi connectivity index (χ1n) is 11.2. The van der Waals surface area contributed by atoms with E-state index in [-0.39, 0.29) is 12.3 Å². The molecule has 0 saturated carbocycles. The van der Waals surface area contributed by atoms with Crippen molar-refractivity contribution in [3.05, 3.63) is 65.3 Å². The van der Waals surface area contributed by atoms with Gasteiger partial charge in [0.05, 0.1) is 37.8 Å². The molecule has 0 unspecified atom stereocenters. The average molecular weight is 519 g/mol. The van der Waals surface area contributed by atoms with Crippen molar-refractivity contribution in [1.29, 1.82) is 0 Å². The van der Waals surface area contributed by atoms with Gasteiger partial charge in [-0.05, 0) is 42.0 Å². The molecule has 2 aromatic carbocycles. The molecule has 35 heavy (non-hydrogen) atoms. The Hall–Kier alpha value is -2.92. The predicted octanol–water partition coefficient (Wildman–Crippen LogP) is 2.90. The number of nitrogens with one attached hydrogen (secondary N) is 1. The van der Waals surface area contributed by atoms with Crippen LogP contribution in [0, 0.1) is 0 Å². The average Bonchev–Trinajstić information content (AvgIpc) is 3.31. The molecule has 0 aliphatic carbocycles. The van der Waals surface area contributed by atoms with Crippen LogP contribution in [0.1, 0.15) is 5.56 Å². The van der Waals surface area contributed by atoms with E-state index in [1.165, 1.54) is 6.20 Å². The van der Waals surface area contributed by atoms with Gasteiger partial charge in [0.1, 0.15) is 12.4 Å². The van der Waals surface area contributed by atoms with Crippen LogP contribution in [0.2, 0.25) is 5.02 Å². The van der Waals surface area contributed by atoms with Crippen LogP contribution in [0.5, 0.6) is 5.75 Å². The number of rotatable bonds is 9. The summed E-state index contributed by atoms with van der Waals surface area (Å²) in [4.78, 5) is 14.9. The molecule has 0 atom stereocenters. The van der Waals surface area contributed by atoms with E-state index in [2.05, 4.69) is 15.3 Å². The van der Waals surface area contributed by atoms with Crippen LogP contribution in [0.25, 0.3) is 11.3 Å². The Morgan fingerprint density at radius 1 is 1.17 bits per heavy atom. The van der Waals surface area contributed by atoms with Crippen molar-refractivity contribution in [1.82, 2.24) is 14.1 Å². The minimum absolute atomic E-state index is 0.148. The van der Waals surface area contributed by atoms with Crippen LogP contribution in [0.4, 0.5) is 5.69 Å². The molecule has 1 aliphatic rings. The fourth-order valence-corrected chi connectivity index (χ4v) is 4.78. The third kappa shape index (κ3) is 6.82. The monoisotopic (exact) mass is 518 g/mol. The van der Waals surface area contributed by atoms with Crippen LogP contribution in [0.15, 0.2) is 54.7 Å². The van der Waals surface area contributed by atoms with Crippen molar-refractivity contribution in [2.24, 2.45) is 0 Å². The van der Waals surface area contributed by atoms with Crippen molar-refractivity contribution in [3.8, 4) is 17.0 Å². The molecule has 186 valence electrons. The molecule has 4 rings (SSSR count). The highest BCUT2D eigenvalue weighted by Crippen LogP contribution is 2.33. The number of halogens is 1. The second kappa shape index (κ2) is 11.2. The van der Waals surface area contributed by atoms with Gasteiger partial charge in [0.2, 0.25) is 5.91 Å². The molecule has 1 fully saturated rings. The van der Waals surface area contributed by atoms with E-state index in [1.807, 2.05) is 6.07 Å². The fraction of sp³-hybridized carbons (Fsp3) is 0.333. The summed E-state index contributed by atoms with van der Waals surface area (Å²) in [6.45, 7) is 4.21. The van der Waals surface area contributed by atoms with Gasteiger partial charge in [-0.25, -0.2) is 8.42 Å². The molecule has 1 aromatic heterocycles. The van der Waals surface area contributed by atoms with Crippen LogP contribution >= 0.6 is 11.6 Å². The van der Waals surface area contributed by atoms with Gasteiger partial charge in [-0.1, -0.05) is 23.7 Å². The minimum atomic E-state index is -3.65. The van der Waals surface area contributed by atoms with Gasteiger partial charge < -0.3 is 14.8 Å². The Bertz CT molecular complexity index is 1290. The van der Waals surface area contributed by atoms with Crippen molar-refractivity contribution in [3.63, 3.8) is 0 Å². The summed E-state index contributed by atoms with van der Waals surface area (Å²) in [5.41, 5.74) is 2.15. The first-order valence-corrected chi connectivity index (χ1v) is 13.4. The standard InChI is InChI=1S/C24H27ClN4O5S/c1-35(31,32)29-22(7-8-26-29)21-17-20(27-24(30)16-18-3-2-4-19(25)15-18)5-6-23(21)34-14-11-28-9-12-33-13-10-28/h2-8,15,17H,9-14,16H2,1H3,(H,27,30). The third-order valence-corrected chi connectivity index (χ3v) is 6.64. The molecule has 1 amide bonds. The van der Waals surface area contributed by atoms with Crippen LogP contribution in [-0.4, -0.2) is 74.1 Å². The number of nitrogens with zero attached hydrogens (tertiary/aromatic N) is 3. The molecular weight excluding hydrogens is 492 g/mol. The van der Waals surface area contributed by atoms with Crippen LogP contribution in [-0.2, 0) is 26.0 Å². The topological polar surface area (TPSA) is 103 Å². The van der Waals surface area contributed by atoms with Gasteiger partial charge in [0, 0.05) is 35.9 Å². The van der Waals surface area contributed by atoms with Gasteiger partial charge in [0.25, 0.3) is 10.0 Å². The Balaban J connectivity index is 1.55. The smallest absolute Gasteiger partial charge is 0.251 e. The second-order valence-corrected chi connectivity index (χ2v) is 10.4. The molecule has 0 radical (unpaired) electrons. The van der Waals surface area contributed by atoms with Crippen LogP contribution < -0.4 is 10.1 Å². The molecule has 1 saturated heterocycles. The number of hydrogen-bond donors (Lipinski definition) is 1. The lowest BCUT2D eigenvalue weighted by Crippen LogP contribution is -2.38. The number of morpholine rings is 1. The van der Waals surface area contributed by atoms with Crippen molar-refractivity contribution in [2.45, 2.75) is 6.42 Å². The molecule has 0 spiro atoms. The van der Waals surface area contributed by atoms with Gasteiger partial charge >= 0.3 is 0 Å². The lowest BCUT2D eigenvalue weighted by molar-refractivity contribution is -0.115. The van der Waals surface area contributed by atoms with Gasteiger partial charge in [0.15, 0.2) is 0 Å². The number of carbonyl (C=O) groups is 1. The van der Waals surface area contributed by atoms with Crippen molar-refractivity contribution < 1.29 is 22.7 Å². The van der Waals surface area contributed by atoms with E-state index in [9.17, 15) is 13.2 Å². The number of benzene rings is 2. The molecule has 2 heterocycles. The summed E-state index contributed by atoms with van der Waals surface area (Å²) >= 11 is 6.01. The molecule has 0 bridgehead atoms. The SMILES string of the molecule is CS(=O)(=O)n1nccc1-c1cc(NC(=O)Cc2cccc(Cl)c2)ccc1OCCN1CCOCC1. The number of anilines is 1. The number of hydrogen-bond acceptors (Lipinski definition) is 7. The fourth-order valence-electron chi connectivity index (χ4n) is 3.83. The van der Waals surface area contributed by atoms with E-state index >= 15 is 0 Å². The summed E-state index contributed by atoms with van der Waals surface area (Å²) in [5, 5.41) is 7.39. The summed E-state index contributed by atoms with van der Waals surface area (Å²) in [7, 11) is -3.65. The van der Waals surface area contributed by atoms with E-state index in [0.29, 0.717) is 54.1 Å². The van der Waals surface area contributed by atoms with E-state index in [1.54, 1.807) is 42.5 Å². The second-order valence-electron chi connectivity index (χ2n) is 8.19. The quantitative estimate of drug-likeness (QED) is 0.464. The normalized spacial score (nSPS) is 14.6. The van der Waals surface area contributed by atoms with E-state index in [0.717, 1.165) is 29.0 Å². The highest BCUT2D eigenvalue weighted by Gasteiger charge is 2.19. The maximum absolute atomic E-state index is 12.6. The Morgan fingerprint density at radius 3 is 2.71 bits per heavy atom. The Morgan fingerprint density at radius 2 is 1.97 bits per heavy atom. The lowest BCUT2D eigenvalue weighted by atomic mass is 10.1. The van der Waals surface area contributed by atoms with Gasteiger partial charge in [-0.15, -0.1) is 0 Å². The zero-order valence-corrected chi connectivity index (χ0v) is 20.9. The molecule has 1 aliphatic heterocycles. The van der Waals surface area contributed by atoms with Gasteiger partial charge in [-0.2, -0.15) is 9.19 Å². The highest BCUT2D eigenvalue weighted by atomic mass is 35.5. The van der Waals surface area contributed by atoms with E-state index < -0.39 is 10.0 Å². The summed E-state index contributed by atoms with van der Waals surface area (Å²) in [5.74, 6) is 0.271.